The van der Waals surface area contributed by atoms with Crippen molar-refractivity contribution in [2.24, 2.45) is 0 Å². The summed E-state index contributed by atoms with van der Waals surface area (Å²) in [6, 6.07) is 6.69. The third-order valence-corrected chi connectivity index (χ3v) is 4.17. The zero-order valence-electron chi connectivity index (χ0n) is 15.4. The molecule has 1 amide bonds. The van der Waals surface area contributed by atoms with Gasteiger partial charge in [-0.25, -0.2) is 0 Å². The second-order valence-electron chi connectivity index (χ2n) is 6.46. The fourth-order valence-electron chi connectivity index (χ4n) is 2.77. The summed E-state index contributed by atoms with van der Waals surface area (Å²) in [6.07, 6.45) is -15.0. The molecular formula is C20H10F9NO2. The third kappa shape index (κ3) is 5.06. The molecule has 1 heterocycles. The number of rotatable bonds is 3. The monoisotopic (exact) mass is 467 g/mol. The van der Waals surface area contributed by atoms with Gasteiger partial charge in [-0.05, 0) is 36.4 Å². The maximum atomic E-state index is 13.2. The first-order valence-corrected chi connectivity index (χ1v) is 8.53. The molecule has 0 atom stereocenters. The lowest BCUT2D eigenvalue weighted by molar-refractivity contribution is -0.143. The van der Waals surface area contributed by atoms with Crippen LogP contribution in [0.3, 0.4) is 0 Å². The number of anilines is 1. The van der Waals surface area contributed by atoms with Crippen molar-refractivity contribution in [1.82, 2.24) is 0 Å². The number of hydrogen-bond acceptors (Lipinski definition) is 2. The molecule has 12 heteroatoms. The summed E-state index contributed by atoms with van der Waals surface area (Å²) in [4.78, 5) is 12.3. The Kier molecular flexibility index (Phi) is 5.75. The summed E-state index contributed by atoms with van der Waals surface area (Å²) < 4.78 is 122. The Morgan fingerprint density at radius 2 is 1.28 bits per heavy atom. The Bertz CT molecular complexity index is 1110. The largest absolute Gasteiger partial charge is 0.451 e. The summed E-state index contributed by atoms with van der Waals surface area (Å²) in [5, 5.41) is 1.84. The predicted molar refractivity (Wildman–Crippen MR) is 93.5 cm³/mol. The van der Waals surface area contributed by atoms with Gasteiger partial charge in [-0.15, -0.1) is 0 Å². The van der Waals surface area contributed by atoms with E-state index in [0.29, 0.717) is 0 Å². The average molecular weight is 467 g/mol. The Morgan fingerprint density at radius 1 is 0.719 bits per heavy atom. The molecule has 3 aromatic rings. The minimum absolute atomic E-state index is 0.116. The number of furan rings is 1. The van der Waals surface area contributed by atoms with Gasteiger partial charge < -0.3 is 9.73 Å². The number of carbonyl (C=O) groups is 1. The molecule has 32 heavy (non-hydrogen) atoms. The number of alkyl halides is 9. The van der Waals surface area contributed by atoms with Crippen molar-refractivity contribution in [3.8, 4) is 11.3 Å². The molecule has 170 valence electrons. The second kappa shape index (κ2) is 7.92. The number of benzene rings is 2. The minimum atomic E-state index is -5.13. The van der Waals surface area contributed by atoms with E-state index < -0.39 is 58.1 Å². The normalized spacial score (nSPS) is 12.7. The van der Waals surface area contributed by atoms with Gasteiger partial charge in [-0.3, -0.25) is 4.79 Å². The molecule has 0 unspecified atom stereocenters. The quantitative estimate of drug-likeness (QED) is 0.412. The van der Waals surface area contributed by atoms with E-state index in [2.05, 4.69) is 0 Å². The van der Waals surface area contributed by atoms with Gasteiger partial charge in [0.1, 0.15) is 5.76 Å². The van der Waals surface area contributed by atoms with Crippen LogP contribution in [0.4, 0.5) is 45.2 Å². The van der Waals surface area contributed by atoms with Crippen molar-refractivity contribution in [2.75, 3.05) is 5.32 Å². The van der Waals surface area contributed by atoms with Crippen LogP contribution in [-0.4, -0.2) is 5.91 Å². The molecule has 1 aromatic heterocycles. The van der Waals surface area contributed by atoms with E-state index in [1.807, 2.05) is 5.32 Å². The van der Waals surface area contributed by atoms with Crippen LogP contribution < -0.4 is 5.32 Å². The highest BCUT2D eigenvalue weighted by atomic mass is 19.4. The predicted octanol–water partition coefficient (Wildman–Crippen LogP) is 7.26. The van der Waals surface area contributed by atoms with E-state index in [0.717, 1.165) is 30.3 Å². The molecule has 3 rings (SSSR count). The van der Waals surface area contributed by atoms with Gasteiger partial charge in [-0.1, -0.05) is 18.2 Å². The zero-order chi connectivity index (χ0) is 23.9. The molecule has 0 spiro atoms. The van der Waals surface area contributed by atoms with E-state index in [1.54, 1.807) is 0 Å². The molecule has 0 bridgehead atoms. The van der Waals surface area contributed by atoms with E-state index in [1.165, 1.54) is 6.07 Å². The Morgan fingerprint density at radius 3 is 1.81 bits per heavy atom. The van der Waals surface area contributed by atoms with Crippen molar-refractivity contribution < 1.29 is 48.7 Å². The molecule has 0 saturated heterocycles. The second-order valence-corrected chi connectivity index (χ2v) is 6.46. The fourth-order valence-corrected chi connectivity index (χ4v) is 2.77. The lowest BCUT2D eigenvalue weighted by atomic mass is 10.1. The molecule has 2 aromatic carbocycles. The van der Waals surface area contributed by atoms with Gasteiger partial charge in [0, 0.05) is 11.3 Å². The van der Waals surface area contributed by atoms with Gasteiger partial charge in [-0.2, -0.15) is 39.5 Å². The van der Waals surface area contributed by atoms with Crippen LogP contribution >= 0.6 is 0 Å². The van der Waals surface area contributed by atoms with Gasteiger partial charge in [0.25, 0.3) is 5.91 Å². The van der Waals surface area contributed by atoms with Crippen LogP contribution in [0, 0.1) is 0 Å². The first kappa shape index (κ1) is 23.2. The Labute approximate surface area is 173 Å². The minimum Gasteiger partial charge on any atom is -0.451 e. The summed E-state index contributed by atoms with van der Waals surface area (Å²) >= 11 is 0. The molecule has 1 N–H and O–H groups in total. The van der Waals surface area contributed by atoms with E-state index in [4.69, 9.17) is 4.42 Å². The maximum absolute atomic E-state index is 13.2. The topological polar surface area (TPSA) is 42.2 Å². The van der Waals surface area contributed by atoms with Gasteiger partial charge >= 0.3 is 18.5 Å². The van der Waals surface area contributed by atoms with Crippen LogP contribution in [0.1, 0.15) is 27.2 Å². The Hall–Kier alpha value is -3.44. The molecule has 3 nitrogen and oxygen atoms in total. The molecule has 0 radical (unpaired) electrons. The lowest BCUT2D eigenvalue weighted by Gasteiger charge is -2.14. The van der Waals surface area contributed by atoms with Crippen molar-refractivity contribution >= 4 is 11.6 Å². The van der Waals surface area contributed by atoms with Gasteiger partial charge in [0.05, 0.1) is 16.7 Å². The SMILES string of the molecule is O=C(Nc1cc(C(F)(F)F)cc(C(F)(F)F)c1)c1ccc(-c2ccccc2C(F)(F)F)o1. The van der Waals surface area contributed by atoms with Gasteiger partial charge in [0.15, 0.2) is 5.76 Å². The van der Waals surface area contributed by atoms with Crippen molar-refractivity contribution in [3.05, 3.63) is 77.0 Å². The highest BCUT2D eigenvalue weighted by molar-refractivity contribution is 6.02. The number of amides is 1. The fraction of sp³-hybridized carbons (Fsp3) is 0.150. The van der Waals surface area contributed by atoms with Crippen LogP contribution in [-0.2, 0) is 18.5 Å². The summed E-state index contributed by atoms with van der Waals surface area (Å²) in [5.74, 6) is -2.25. The van der Waals surface area contributed by atoms with E-state index in [-0.39, 0.29) is 24.0 Å². The number of hydrogen-bond donors (Lipinski definition) is 1. The van der Waals surface area contributed by atoms with Crippen LogP contribution in [0.2, 0.25) is 0 Å². The third-order valence-electron chi connectivity index (χ3n) is 4.17. The number of carbonyl (C=O) groups excluding carboxylic acids is 1. The van der Waals surface area contributed by atoms with E-state index in [9.17, 15) is 44.3 Å². The zero-order valence-corrected chi connectivity index (χ0v) is 15.4. The molecule has 0 aliphatic heterocycles. The summed E-state index contributed by atoms with van der Waals surface area (Å²) in [7, 11) is 0. The molecular weight excluding hydrogens is 457 g/mol. The standard InChI is InChI=1S/C20H10F9NO2/c21-18(22,23)10-7-11(19(24,25)26)9-12(8-10)30-17(31)16-6-5-15(32-16)13-3-1-2-4-14(13)20(27,28)29/h1-9H,(H,30,31). The number of halogens is 9. The highest BCUT2D eigenvalue weighted by Gasteiger charge is 2.37. The molecule has 0 aliphatic carbocycles. The summed E-state index contributed by atoms with van der Waals surface area (Å²) in [6.45, 7) is 0. The highest BCUT2D eigenvalue weighted by Crippen LogP contribution is 2.39. The van der Waals surface area contributed by atoms with Gasteiger partial charge in [0.2, 0.25) is 0 Å². The summed E-state index contributed by atoms with van der Waals surface area (Å²) in [5.41, 5.74) is -5.60. The van der Waals surface area contributed by atoms with Crippen LogP contribution in [0.25, 0.3) is 11.3 Å². The van der Waals surface area contributed by atoms with E-state index >= 15 is 0 Å². The first-order chi connectivity index (χ1) is 14.7. The lowest BCUT2D eigenvalue weighted by Crippen LogP contribution is -2.15. The smallest absolute Gasteiger partial charge is 0.417 e. The van der Waals surface area contributed by atoms with Crippen molar-refractivity contribution in [1.29, 1.82) is 0 Å². The van der Waals surface area contributed by atoms with Crippen LogP contribution in [0.15, 0.2) is 59.0 Å². The van der Waals surface area contributed by atoms with Crippen molar-refractivity contribution in [3.63, 3.8) is 0 Å². The molecule has 0 saturated carbocycles. The molecule has 0 aliphatic rings. The first-order valence-electron chi connectivity index (χ1n) is 8.53. The maximum Gasteiger partial charge on any atom is 0.417 e. The Balaban J connectivity index is 1.93. The number of nitrogens with one attached hydrogen (secondary N) is 1. The average Bonchev–Trinajstić information content (AvgIpc) is 3.16. The van der Waals surface area contributed by atoms with Crippen LogP contribution in [0.5, 0.6) is 0 Å². The molecule has 0 fully saturated rings. The van der Waals surface area contributed by atoms with Crippen molar-refractivity contribution in [2.45, 2.75) is 18.5 Å².